The van der Waals surface area contributed by atoms with Crippen molar-refractivity contribution in [1.82, 2.24) is 0 Å². The normalized spacial score (nSPS) is 19.0. The molecular weight excluding hydrogens is 364 g/mol. The van der Waals surface area contributed by atoms with Crippen LogP contribution in [0.15, 0.2) is 48.5 Å². The third-order valence-electron chi connectivity index (χ3n) is 3.85. The number of carbonyl (C=O) groups is 2. The van der Waals surface area contributed by atoms with E-state index in [9.17, 15) is 18.0 Å². The van der Waals surface area contributed by atoms with E-state index < -0.39 is 21.8 Å². The summed E-state index contributed by atoms with van der Waals surface area (Å²) < 4.78 is 25.0. The maximum Gasteiger partial charge on any atom is 0.255 e. The molecule has 1 saturated heterocycles. The van der Waals surface area contributed by atoms with Crippen molar-refractivity contribution in [2.75, 3.05) is 15.4 Å². The van der Waals surface area contributed by atoms with Crippen molar-refractivity contribution in [1.29, 1.82) is 0 Å². The largest absolute Gasteiger partial charge is 0.321 e. The maximum absolute atomic E-state index is 12.3. The highest BCUT2D eigenvalue weighted by molar-refractivity contribution is 7.94. The van der Waals surface area contributed by atoms with Crippen LogP contribution in [0.25, 0.3) is 0 Å². The van der Waals surface area contributed by atoms with Gasteiger partial charge < -0.3 is 5.32 Å². The molecule has 1 N–H and O–H groups in total. The van der Waals surface area contributed by atoms with Gasteiger partial charge in [0.1, 0.15) is 0 Å². The minimum Gasteiger partial charge on any atom is -0.321 e. The topological polar surface area (TPSA) is 83.6 Å². The molecule has 3 rings (SSSR count). The molecule has 1 fully saturated rings. The summed E-state index contributed by atoms with van der Waals surface area (Å²) in [7, 11) is -3.66. The predicted molar refractivity (Wildman–Crippen MR) is 96.3 cm³/mol. The molecule has 8 heteroatoms. The Labute approximate surface area is 150 Å². The van der Waals surface area contributed by atoms with E-state index in [1.807, 2.05) is 0 Å². The van der Waals surface area contributed by atoms with Gasteiger partial charge in [0.2, 0.25) is 15.9 Å². The van der Waals surface area contributed by atoms with Gasteiger partial charge in [-0.3, -0.25) is 9.59 Å². The van der Waals surface area contributed by atoms with Gasteiger partial charge in [-0.25, -0.2) is 12.7 Å². The third-order valence-corrected chi connectivity index (χ3v) is 6.04. The average molecular weight is 379 g/mol. The molecule has 0 aromatic heterocycles. The molecule has 130 valence electrons. The van der Waals surface area contributed by atoms with E-state index in [0.29, 0.717) is 16.3 Å². The number of hydrogen-bond acceptors (Lipinski definition) is 4. The fourth-order valence-corrected chi connectivity index (χ4v) is 4.60. The highest BCUT2D eigenvalue weighted by Gasteiger charge is 2.41. The van der Waals surface area contributed by atoms with Crippen LogP contribution in [-0.2, 0) is 14.8 Å². The van der Waals surface area contributed by atoms with Crippen molar-refractivity contribution < 1.29 is 18.0 Å². The van der Waals surface area contributed by atoms with E-state index in [-0.39, 0.29) is 17.3 Å². The molecule has 0 aliphatic carbocycles. The zero-order chi connectivity index (χ0) is 18.2. The quantitative estimate of drug-likeness (QED) is 0.890. The average Bonchev–Trinajstić information content (AvgIpc) is 2.77. The van der Waals surface area contributed by atoms with E-state index in [0.717, 1.165) is 4.31 Å². The number of hydrogen-bond donors (Lipinski definition) is 1. The molecule has 1 aliphatic rings. The van der Waals surface area contributed by atoms with Crippen molar-refractivity contribution in [3.05, 3.63) is 59.1 Å². The molecule has 6 nitrogen and oxygen atoms in total. The lowest BCUT2D eigenvalue weighted by Gasteiger charge is -2.15. The Balaban J connectivity index is 1.82. The first-order valence-electron chi connectivity index (χ1n) is 7.52. The lowest BCUT2D eigenvalue weighted by atomic mass is 10.1. The number of para-hydroxylation sites is 1. The fourth-order valence-electron chi connectivity index (χ4n) is 2.59. The third kappa shape index (κ3) is 3.38. The van der Waals surface area contributed by atoms with Crippen LogP contribution in [0, 0.1) is 5.92 Å². The lowest BCUT2D eigenvalue weighted by molar-refractivity contribution is -0.119. The minimum absolute atomic E-state index is 0.208. The smallest absolute Gasteiger partial charge is 0.255 e. The summed E-state index contributed by atoms with van der Waals surface area (Å²) in [6.45, 7) is 1.57. The highest BCUT2D eigenvalue weighted by atomic mass is 35.5. The second kappa shape index (κ2) is 6.50. The highest BCUT2D eigenvalue weighted by Crippen LogP contribution is 2.28. The molecule has 0 bridgehead atoms. The lowest BCUT2D eigenvalue weighted by Crippen LogP contribution is -2.30. The Kier molecular flexibility index (Phi) is 4.53. The minimum atomic E-state index is -3.66. The molecule has 1 heterocycles. The van der Waals surface area contributed by atoms with Gasteiger partial charge in [-0.05, 0) is 36.4 Å². The van der Waals surface area contributed by atoms with Crippen LogP contribution >= 0.6 is 11.6 Å². The summed E-state index contributed by atoms with van der Waals surface area (Å²) >= 11 is 6.00. The van der Waals surface area contributed by atoms with E-state index in [4.69, 9.17) is 11.6 Å². The Morgan fingerprint density at radius 2 is 1.80 bits per heavy atom. The number of anilines is 2. The number of nitrogens with zero attached hydrogens (tertiary/aromatic N) is 1. The Morgan fingerprint density at radius 1 is 1.16 bits per heavy atom. The van der Waals surface area contributed by atoms with Crippen LogP contribution in [0.2, 0.25) is 5.02 Å². The second-order valence-electron chi connectivity index (χ2n) is 5.76. The first kappa shape index (κ1) is 17.4. The Hall–Kier alpha value is -2.38. The number of sulfonamides is 1. The van der Waals surface area contributed by atoms with Gasteiger partial charge in [0.25, 0.3) is 5.91 Å². The van der Waals surface area contributed by atoms with E-state index in [1.54, 1.807) is 31.2 Å². The van der Waals surface area contributed by atoms with Crippen molar-refractivity contribution in [2.45, 2.75) is 6.92 Å². The predicted octanol–water partition coefficient (Wildman–Crippen LogP) is 2.90. The van der Waals surface area contributed by atoms with E-state index >= 15 is 0 Å². The molecule has 2 aromatic rings. The molecular formula is C17H15ClN2O4S. The van der Waals surface area contributed by atoms with Crippen molar-refractivity contribution in [2.24, 2.45) is 5.92 Å². The Morgan fingerprint density at radius 3 is 2.36 bits per heavy atom. The summed E-state index contributed by atoms with van der Waals surface area (Å²) in [5.41, 5.74) is 1.02. The van der Waals surface area contributed by atoms with Gasteiger partial charge in [0, 0.05) is 5.56 Å². The van der Waals surface area contributed by atoms with Gasteiger partial charge >= 0.3 is 0 Å². The van der Waals surface area contributed by atoms with Crippen LogP contribution in [0.1, 0.15) is 17.3 Å². The molecule has 1 aliphatic heterocycles. The van der Waals surface area contributed by atoms with Crippen LogP contribution < -0.4 is 9.62 Å². The van der Waals surface area contributed by atoms with Gasteiger partial charge in [-0.2, -0.15) is 0 Å². The molecule has 25 heavy (non-hydrogen) atoms. The number of rotatable bonds is 3. The summed E-state index contributed by atoms with van der Waals surface area (Å²) in [5, 5.41) is 3.09. The van der Waals surface area contributed by atoms with Gasteiger partial charge in [0.15, 0.2) is 0 Å². The van der Waals surface area contributed by atoms with E-state index in [2.05, 4.69) is 5.32 Å². The van der Waals surface area contributed by atoms with Crippen LogP contribution in [-0.4, -0.2) is 26.0 Å². The number of carbonyl (C=O) groups excluding carboxylic acids is 2. The number of amides is 2. The second-order valence-corrected chi connectivity index (χ2v) is 8.03. The summed E-state index contributed by atoms with van der Waals surface area (Å²) in [5.74, 6) is -1.63. The first-order valence-corrected chi connectivity index (χ1v) is 9.51. The monoisotopic (exact) mass is 378 g/mol. The first-order chi connectivity index (χ1) is 11.8. The molecule has 2 aromatic carbocycles. The van der Waals surface area contributed by atoms with Crippen molar-refractivity contribution in [3.63, 3.8) is 0 Å². The summed E-state index contributed by atoms with van der Waals surface area (Å²) in [4.78, 5) is 24.3. The standard InChI is InChI=1S/C17H15ClN2O4S/c1-11-10-25(23,24)20(17(11)22)13-8-6-12(7-9-13)16(21)19-15-5-3-2-4-14(15)18/h2-9,11H,10H2,1H3,(H,19,21). The molecule has 1 unspecified atom stereocenters. The fraction of sp³-hybridized carbons (Fsp3) is 0.176. The number of halogens is 1. The molecule has 2 amide bonds. The zero-order valence-electron chi connectivity index (χ0n) is 13.3. The van der Waals surface area contributed by atoms with E-state index in [1.165, 1.54) is 24.3 Å². The zero-order valence-corrected chi connectivity index (χ0v) is 14.8. The van der Waals surface area contributed by atoms with Gasteiger partial charge in [-0.15, -0.1) is 0 Å². The molecule has 0 radical (unpaired) electrons. The molecule has 0 saturated carbocycles. The number of benzene rings is 2. The van der Waals surface area contributed by atoms with Crippen LogP contribution in [0.3, 0.4) is 0 Å². The Bertz CT molecular complexity index is 941. The van der Waals surface area contributed by atoms with Gasteiger partial charge in [-0.1, -0.05) is 30.7 Å². The number of nitrogens with one attached hydrogen (secondary N) is 1. The van der Waals surface area contributed by atoms with Crippen molar-refractivity contribution in [3.8, 4) is 0 Å². The maximum atomic E-state index is 12.3. The molecule has 0 spiro atoms. The van der Waals surface area contributed by atoms with Crippen molar-refractivity contribution >= 4 is 44.8 Å². The van der Waals surface area contributed by atoms with Crippen LogP contribution in [0.4, 0.5) is 11.4 Å². The van der Waals surface area contributed by atoms with Crippen LogP contribution in [0.5, 0.6) is 0 Å². The SMILES string of the molecule is CC1CS(=O)(=O)N(c2ccc(C(=O)Nc3ccccc3Cl)cc2)C1=O. The summed E-state index contributed by atoms with van der Waals surface area (Å²) in [6.07, 6.45) is 0. The van der Waals surface area contributed by atoms with Gasteiger partial charge in [0.05, 0.1) is 28.1 Å². The summed E-state index contributed by atoms with van der Waals surface area (Å²) in [6, 6.07) is 12.6. The molecule has 1 atom stereocenters.